The molecule has 1 aromatic rings. The van der Waals surface area contributed by atoms with Gasteiger partial charge in [-0.25, -0.2) is 4.79 Å². The average molecular weight is 220 g/mol. The highest BCUT2D eigenvalue weighted by Gasteiger charge is 2.05. The summed E-state index contributed by atoms with van der Waals surface area (Å²) >= 11 is 0. The van der Waals surface area contributed by atoms with E-state index < -0.39 is 5.97 Å². The van der Waals surface area contributed by atoms with Crippen molar-refractivity contribution >= 4 is 11.5 Å². The molecule has 0 saturated heterocycles. The Labute approximate surface area is 95.0 Å². The highest BCUT2D eigenvalue weighted by atomic mass is 16.4. The molecule has 3 nitrogen and oxygen atoms in total. The number of aryl methyl sites for hydroxylation is 1. The van der Waals surface area contributed by atoms with E-state index in [-0.39, 0.29) is 5.75 Å². The third kappa shape index (κ3) is 3.12. The van der Waals surface area contributed by atoms with E-state index in [1.54, 1.807) is 25.1 Å². The molecule has 0 fully saturated rings. The van der Waals surface area contributed by atoms with E-state index in [1.807, 2.05) is 6.92 Å². The monoisotopic (exact) mass is 220 g/mol. The first-order chi connectivity index (χ1) is 7.54. The van der Waals surface area contributed by atoms with Gasteiger partial charge in [0.15, 0.2) is 0 Å². The Morgan fingerprint density at radius 1 is 1.44 bits per heavy atom. The van der Waals surface area contributed by atoms with Crippen molar-refractivity contribution in [2.45, 2.75) is 26.7 Å². The summed E-state index contributed by atoms with van der Waals surface area (Å²) < 4.78 is 0. The predicted molar refractivity (Wildman–Crippen MR) is 63.4 cm³/mol. The molecule has 2 N–H and O–H groups in total. The first-order valence-corrected chi connectivity index (χ1v) is 5.28. The lowest BCUT2D eigenvalue weighted by Crippen LogP contribution is -1.93. The normalized spacial score (nSPS) is 11.5. The molecule has 0 aliphatic carbocycles. The number of aromatic hydroxyl groups is 1. The Kier molecular flexibility index (Phi) is 4.11. The van der Waals surface area contributed by atoms with Gasteiger partial charge in [0.1, 0.15) is 5.75 Å². The SMILES string of the molecule is CCC/C(=C\C(=O)O)c1ccc(O)c(C)c1. The molecule has 1 aromatic carbocycles. The third-order valence-corrected chi connectivity index (χ3v) is 2.38. The topological polar surface area (TPSA) is 57.5 Å². The van der Waals surface area contributed by atoms with Crippen LogP contribution in [0.3, 0.4) is 0 Å². The fourth-order valence-electron chi connectivity index (χ4n) is 1.57. The largest absolute Gasteiger partial charge is 0.508 e. The zero-order valence-electron chi connectivity index (χ0n) is 9.53. The van der Waals surface area contributed by atoms with Gasteiger partial charge in [-0.05, 0) is 42.2 Å². The number of hydrogen-bond donors (Lipinski definition) is 2. The van der Waals surface area contributed by atoms with E-state index in [2.05, 4.69) is 0 Å². The van der Waals surface area contributed by atoms with Crippen LogP contribution in [0.4, 0.5) is 0 Å². The average Bonchev–Trinajstić information content (AvgIpc) is 2.21. The van der Waals surface area contributed by atoms with Crippen molar-refractivity contribution in [1.82, 2.24) is 0 Å². The molecule has 0 unspecified atom stereocenters. The summed E-state index contributed by atoms with van der Waals surface area (Å²) in [5.74, 6) is -0.705. The highest BCUT2D eigenvalue weighted by molar-refractivity contribution is 5.90. The lowest BCUT2D eigenvalue weighted by atomic mass is 9.99. The fraction of sp³-hybridized carbons (Fsp3) is 0.308. The Balaban J connectivity index is 3.11. The van der Waals surface area contributed by atoms with Crippen LogP contribution in [0.1, 0.15) is 30.9 Å². The van der Waals surface area contributed by atoms with Crippen LogP contribution < -0.4 is 0 Å². The number of carbonyl (C=O) groups is 1. The summed E-state index contributed by atoms with van der Waals surface area (Å²) in [4.78, 5) is 10.7. The minimum atomic E-state index is -0.936. The van der Waals surface area contributed by atoms with Crippen molar-refractivity contribution in [3.63, 3.8) is 0 Å². The van der Waals surface area contributed by atoms with Crippen molar-refractivity contribution in [3.8, 4) is 5.75 Å². The van der Waals surface area contributed by atoms with Crippen LogP contribution in [0.5, 0.6) is 5.75 Å². The van der Waals surface area contributed by atoms with Crippen LogP contribution >= 0.6 is 0 Å². The van der Waals surface area contributed by atoms with Crippen molar-refractivity contribution in [2.24, 2.45) is 0 Å². The van der Waals surface area contributed by atoms with Crippen LogP contribution in [0.2, 0.25) is 0 Å². The smallest absolute Gasteiger partial charge is 0.328 e. The minimum absolute atomic E-state index is 0.231. The number of carboxylic acid groups (broad SMARTS) is 1. The van der Waals surface area contributed by atoms with Gasteiger partial charge < -0.3 is 10.2 Å². The minimum Gasteiger partial charge on any atom is -0.508 e. The van der Waals surface area contributed by atoms with Gasteiger partial charge in [0.2, 0.25) is 0 Å². The lowest BCUT2D eigenvalue weighted by Gasteiger charge is -2.07. The molecule has 0 saturated carbocycles. The molecule has 0 amide bonds. The molecular weight excluding hydrogens is 204 g/mol. The van der Waals surface area contributed by atoms with Crippen LogP contribution in [-0.4, -0.2) is 16.2 Å². The van der Waals surface area contributed by atoms with Gasteiger partial charge in [-0.3, -0.25) is 0 Å². The van der Waals surface area contributed by atoms with Gasteiger partial charge in [0.05, 0.1) is 0 Å². The number of hydrogen-bond acceptors (Lipinski definition) is 2. The van der Waals surface area contributed by atoms with Crippen LogP contribution in [0.25, 0.3) is 5.57 Å². The molecule has 0 heterocycles. The molecule has 0 spiro atoms. The van der Waals surface area contributed by atoms with Crippen molar-refractivity contribution in [2.75, 3.05) is 0 Å². The number of rotatable bonds is 4. The van der Waals surface area contributed by atoms with Crippen molar-refractivity contribution in [3.05, 3.63) is 35.4 Å². The standard InChI is InChI=1S/C13H16O3/c1-3-4-10(8-13(15)16)11-5-6-12(14)9(2)7-11/h5-8,14H,3-4H2,1-2H3,(H,15,16)/b10-8+. The number of aliphatic carboxylic acids is 1. The van der Waals surface area contributed by atoms with E-state index >= 15 is 0 Å². The molecule has 1 rings (SSSR count). The summed E-state index contributed by atoms with van der Waals surface area (Å²) in [6.07, 6.45) is 2.84. The number of phenols is 1. The molecule has 0 bridgehead atoms. The Morgan fingerprint density at radius 3 is 2.62 bits per heavy atom. The number of allylic oxidation sites excluding steroid dienone is 1. The first-order valence-electron chi connectivity index (χ1n) is 5.28. The van der Waals surface area contributed by atoms with Gasteiger partial charge in [-0.1, -0.05) is 19.4 Å². The van der Waals surface area contributed by atoms with Gasteiger partial charge in [0, 0.05) is 6.08 Å². The Hall–Kier alpha value is -1.77. The number of phenolic OH excluding ortho intramolecular Hbond substituents is 1. The maximum absolute atomic E-state index is 10.7. The molecule has 0 aliphatic rings. The number of carboxylic acids is 1. The lowest BCUT2D eigenvalue weighted by molar-refractivity contribution is -0.131. The van der Waals surface area contributed by atoms with Crippen LogP contribution in [-0.2, 0) is 4.79 Å². The second kappa shape index (κ2) is 5.35. The summed E-state index contributed by atoms with van der Waals surface area (Å²) in [5.41, 5.74) is 2.41. The summed E-state index contributed by atoms with van der Waals surface area (Å²) in [6, 6.07) is 5.14. The predicted octanol–water partition coefficient (Wildman–Crippen LogP) is 2.97. The second-order valence-corrected chi connectivity index (χ2v) is 3.76. The van der Waals surface area contributed by atoms with Gasteiger partial charge in [0.25, 0.3) is 0 Å². The molecule has 0 aliphatic heterocycles. The van der Waals surface area contributed by atoms with Gasteiger partial charge in [-0.2, -0.15) is 0 Å². The van der Waals surface area contributed by atoms with E-state index in [9.17, 15) is 9.90 Å². The van der Waals surface area contributed by atoms with E-state index in [4.69, 9.17) is 5.11 Å². The number of benzene rings is 1. The zero-order valence-corrected chi connectivity index (χ0v) is 9.53. The molecule has 0 aromatic heterocycles. The third-order valence-electron chi connectivity index (χ3n) is 2.38. The highest BCUT2D eigenvalue weighted by Crippen LogP contribution is 2.25. The molecular formula is C13H16O3. The Bertz CT molecular complexity index is 419. The molecule has 16 heavy (non-hydrogen) atoms. The fourth-order valence-corrected chi connectivity index (χ4v) is 1.57. The molecule has 3 heteroatoms. The van der Waals surface area contributed by atoms with Crippen molar-refractivity contribution in [1.29, 1.82) is 0 Å². The van der Waals surface area contributed by atoms with Crippen molar-refractivity contribution < 1.29 is 15.0 Å². The molecule has 86 valence electrons. The summed E-state index contributed by atoms with van der Waals surface area (Å²) in [6.45, 7) is 3.80. The van der Waals surface area contributed by atoms with E-state index in [1.165, 1.54) is 6.08 Å². The molecule has 0 atom stereocenters. The van der Waals surface area contributed by atoms with E-state index in [0.717, 1.165) is 29.5 Å². The zero-order chi connectivity index (χ0) is 12.1. The van der Waals surface area contributed by atoms with Crippen LogP contribution in [0, 0.1) is 6.92 Å². The van der Waals surface area contributed by atoms with Crippen LogP contribution in [0.15, 0.2) is 24.3 Å². The van der Waals surface area contributed by atoms with Gasteiger partial charge >= 0.3 is 5.97 Å². The molecule has 0 radical (unpaired) electrons. The quantitative estimate of drug-likeness (QED) is 0.767. The van der Waals surface area contributed by atoms with Gasteiger partial charge in [-0.15, -0.1) is 0 Å². The summed E-state index contributed by atoms with van der Waals surface area (Å²) in [7, 11) is 0. The maximum atomic E-state index is 10.7. The summed E-state index contributed by atoms with van der Waals surface area (Å²) in [5, 5.41) is 18.2. The second-order valence-electron chi connectivity index (χ2n) is 3.76. The van der Waals surface area contributed by atoms with E-state index in [0.29, 0.717) is 0 Å². The Morgan fingerprint density at radius 2 is 2.12 bits per heavy atom. The first kappa shape index (κ1) is 12.3. The maximum Gasteiger partial charge on any atom is 0.328 e.